The van der Waals surface area contributed by atoms with E-state index in [0.29, 0.717) is 6.04 Å². The number of nitrogens with zero attached hydrogens (tertiary/aromatic N) is 3. The smallest absolute Gasteiger partial charge is 0.0705 e. The van der Waals surface area contributed by atoms with E-state index in [9.17, 15) is 5.11 Å². The number of aliphatic hydroxyl groups is 1. The first kappa shape index (κ1) is 20.0. The third kappa shape index (κ3) is 5.21. The predicted octanol–water partition coefficient (Wildman–Crippen LogP) is 3.74. The summed E-state index contributed by atoms with van der Waals surface area (Å²) in [5.74, 6) is 0. The Morgan fingerprint density at radius 2 is 1.86 bits per heavy atom. The first-order valence-corrected chi connectivity index (χ1v) is 10.8. The van der Waals surface area contributed by atoms with Crippen molar-refractivity contribution in [3.05, 3.63) is 78.0 Å². The molecular formula is C25H31N3O. The first-order chi connectivity index (χ1) is 14.3. The molecule has 4 heteroatoms. The van der Waals surface area contributed by atoms with Crippen LogP contribution >= 0.6 is 0 Å². The van der Waals surface area contributed by atoms with Gasteiger partial charge in [0.25, 0.3) is 0 Å². The van der Waals surface area contributed by atoms with Gasteiger partial charge in [0.05, 0.1) is 5.52 Å². The fraction of sp³-hybridized carbons (Fsp3) is 0.400. The van der Waals surface area contributed by atoms with Gasteiger partial charge < -0.3 is 5.11 Å². The van der Waals surface area contributed by atoms with Gasteiger partial charge in [-0.2, -0.15) is 0 Å². The Morgan fingerprint density at radius 3 is 2.72 bits per heavy atom. The number of aromatic nitrogens is 1. The Labute approximate surface area is 173 Å². The van der Waals surface area contributed by atoms with Crippen molar-refractivity contribution in [1.29, 1.82) is 0 Å². The van der Waals surface area contributed by atoms with E-state index in [2.05, 4.69) is 69.4 Å². The van der Waals surface area contributed by atoms with Crippen LogP contribution in [0.1, 0.15) is 24.0 Å². The van der Waals surface area contributed by atoms with Gasteiger partial charge in [0.2, 0.25) is 0 Å². The summed E-state index contributed by atoms with van der Waals surface area (Å²) in [5.41, 5.74) is 3.82. The maximum atomic E-state index is 9.60. The lowest BCUT2D eigenvalue weighted by atomic mass is 10.0. The number of aryl methyl sites for hydroxylation is 1. The van der Waals surface area contributed by atoms with Crippen LogP contribution in [0.15, 0.2) is 66.9 Å². The second-order valence-electron chi connectivity index (χ2n) is 8.01. The quantitative estimate of drug-likeness (QED) is 0.637. The standard InChI is InChI=1S/C25H31N3O/c29-18-13-23-20-27(19-22-10-4-12-25-24(22)11-5-14-26-25)16-17-28(23)15-6-9-21-7-2-1-3-8-21/h1-5,7-8,10-12,14,23,29H,6,9,13,15-20H2. The summed E-state index contributed by atoms with van der Waals surface area (Å²) in [6, 6.07) is 21.8. The third-order valence-corrected chi connectivity index (χ3v) is 6.03. The summed E-state index contributed by atoms with van der Waals surface area (Å²) in [4.78, 5) is 9.61. The molecule has 2 heterocycles. The van der Waals surface area contributed by atoms with Gasteiger partial charge in [-0.25, -0.2) is 0 Å². The number of fused-ring (bicyclic) bond motifs is 1. The lowest BCUT2D eigenvalue weighted by Gasteiger charge is -2.41. The summed E-state index contributed by atoms with van der Waals surface area (Å²) in [5, 5.41) is 10.9. The molecule has 0 spiro atoms. The van der Waals surface area contributed by atoms with E-state index < -0.39 is 0 Å². The van der Waals surface area contributed by atoms with Crippen LogP contribution in [0.2, 0.25) is 0 Å². The molecule has 0 saturated carbocycles. The minimum absolute atomic E-state index is 0.256. The molecule has 0 amide bonds. The van der Waals surface area contributed by atoms with E-state index >= 15 is 0 Å². The van der Waals surface area contributed by atoms with Crippen LogP contribution in [0.25, 0.3) is 10.9 Å². The molecule has 1 saturated heterocycles. The van der Waals surface area contributed by atoms with Gasteiger partial charge in [-0.1, -0.05) is 48.5 Å². The average Bonchev–Trinajstić information content (AvgIpc) is 2.76. The van der Waals surface area contributed by atoms with Crippen molar-refractivity contribution in [3.63, 3.8) is 0 Å². The second kappa shape index (κ2) is 9.97. The third-order valence-electron chi connectivity index (χ3n) is 6.03. The fourth-order valence-corrected chi connectivity index (χ4v) is 4.49. The van der Waals surface area contributed by atoms with E-state index in [4.69, 9.17) is 0 Å². The SMILES string of the molecule is OCCC1CN(Cc2cccc3ncccc23)CCN1CCCc1ccccc1. The summed E-state index contributed by atoms with van der Waals surface area (Å²) in [7, 11) is 0. The number of hydrogen-bond acceptors (Lipinski definition) is 4. The summed E-state index contributed by atoms with van der Waals surface area (Å²) in [6.07, 6.45) is 4.99. The lowest BCUT2D eigenvalue weighted by molar-refractivity contribution is 0.0549. The van der Waals surface area contributed by atoms with Crippen molar-refractivity contribution in [2.75, 3.05) is 32.8 Å². The number of benzene rings is 2. The molecule has 1 aliphatic heterocycles. The monoisotopic (exact) mass is 389 g/mol. The number of rotatable bonds is 8. The molecule has 1 unspecified atom stereocenters. The minimum atomic E-state index is 0.256. The van der Waals surface area contributed by atoms with Crippen LogP contribution in [-0.2, 0) is 13.0 Å². The highest BCUT2D eigenvalue weighted by Gasteiger charge is 2.26. The van der Waals surface area contributed by atoms with Gasteiger partial charge in [-0.3, -0.25) is 14.8 Å². The van der Waals surface area contributed by atoms with Crippen molar-refractivity contribution in [1.82, 2.24) is 14.8 Å². The Balaban J connectivity index is 1.36. The number of aliphatic hydroxyl groups excluding tert-OH is 1. The molecule has 1 atom stereocenters. The largest absolute Gasteiger partial charge is 0.396 e. The molecule has 0 bridgehead atoms. The Kier molecular flexibility index (Phi) is 6.88. The molecule has 4 rings (SSSR count). The zero-order chi connectivity index (χ0) is 19.9. The molecule has 3 aromatic rings. The number of hydrogen-bond donors (Lipinski definition) is 1. The maximum Gasteiger partial charge on any atom is 0.0705 e. The van der Waals surface area contributed by atoms with Crippen LogP contribution in [0.3, 0.4) is 0 Å². The molecule has 0 radical (unpaired) electrons. The minimum Gasteiger partial charge on any atom is -0.396 e. The lowest BCUT2D eigenvalue weighted by Crippen LogP contribution is -2.53. The van der Waals surface area contributed by atoms with Crippen LogP contribution in [0, 0.1) is 0 Å². The van der Waals surface area contributed by atoms with Crippen molar-refractivity contribution < 1.29 is 5.11 Å². The molecular weight excluding hydrogens is 358 g/mol. The highest BCUT2D eigenvalue weighted by atomic mass is 16.3. The maximum absolute atomic E-state index is 9.60. The van der Waals surface area contributed by atoms with Crippen molar-refractivity contribution in [3.8, 4) is 0 Å². The van der Waals surface area contributed by atoms with Crippen LogP contribution < -0.4 is 0 Å². The summed E-state index contributed by atoms with van der Waals surface area (Å²) >= 11 is 0. The van der Waals surface area contributed by atoms with Crippen molar-refractivity contribution >= 4 is 10.9 Å². The molecule has 29 heavy (non-hydrogen) atoms. The Hall–Kier alpha value is -2.27. The molecule has 1 aliphatic rings. The molecule has 152 valence electrons. The zero-order valence-electron chi connectivity index (χ0n) is 17.1. The topological polar surface area (TPSA) is 39.6 Å². The number of piperazine rings is 1. The van der Waals surface area contributed by atoms with Gasteiger partial charge in [0, 0.05) is 50.4 Å². The summed E-state index contributed by atoms with van der Waals surface area (Å²) < 4.78 is 0. The predicted molar refractivity (Wildman–Crippen MR) is 119 cm³/mol. The van der Waals surface area contributed by atoms with Crippen LogP contribution in [-0.4, -0.2) is 58.7 Å². The van der Waals surface area contributed by atoms with Crippen LogP contribution in [0.4, 0.5) is 0 Å². The fourth-order valence-electron chi connectivity index (χ4n) is 4.49. The molecule has 1 aromatic heterocycles. The normalized spacial score (nSPS) is 18.3. The van der Waals surface area contributed by atoms with E-state index in [-0.39, 0.29) is 6.61 Å². The summed E-state index contributed by atoms with van der Waals surface area (Å²) in [6.45, 7) is 5.47. The average molecular weight is 390 g/mol. The molecule has 2 aromatic carbocycles. The van der Waals surface area contributed by atoms with Gasteiger partial charge in [-0.05, 0) is 49.1 Å². The second-order valence-corrected chi connectivity index (χ2v) is 8.01. The van der Waals surface area contributed by atoms with Gasteiger partial charge in [0.15, 0.2) is 0 Å². The first-order valence-electron chi connectivity index (χ1n) is 10.8. The molecule has 4 nitrogen and oxygen atoms in total. The van der Waals surface area contributed by atoms with Gasteiger partial charge >= 0.3 is 0 Å². The Morgan fingerprint density at radius 1 is 0.966 bits per heavy atom. The van der Waals surface area contributed by atoms with Crippen LogP contribution in [0.5, 0.6) is 0 Å². The highest BCUT2D eigenvalue weighted by Crippen LogP contribution is 2.21. The molecule has 1 fully saturated rings. The number of pyridine rings is 1. The Bertz CT molecular complexity index is 893. The van der Waals surface area contributed by atoms with Gasteiger partial charge in [0.1, 0.15) is 0 Å². The van der Waals surface area contributed by atoms with E-state index in [1.807, 2.05) is 12.3 Å². The zero-order valence-corrected chi connectivity index (χ0v) is 17.1. The molecule has 0 aliphatic carbocycles. The highest BCUT2D eigenvalue weighted by molar-refractivity contribution is 5.81. The van der Waals surface area contributed by atoms with E-state index in [1.54, 1.807) is 0 Å². The van der Waals surface area contributed by atoms with Crippen molar-refractivity contribution in [2.45, 2.75) is 31.8 Å². The van der Waals surface area contributed by atoms with E-state index in [0.717, 1.165) is 51.1 Å². The molecule has 1 N–H and O–H groups in total. The van der Waals surface area contributed by atoms with Gasteiger partial charge in [-0.15, -0.1) is 0 Å². The van der Waals surface area contributed by atoms with Crippen molar-refractivity contribution in [2.24, 2.45) is 0 Å². The van der Waals surface area contributed by atoms with E-state index in [1.165, 1.54) is 22.9 Å².